The number of allylic oxidation sites excluding steroid dienone is 5. The van der Waals surface area contributed by atoms with E-state index < -0.39 is 0 Å². The minimum Gasteiger partial charge on any atom is -0.399 e. The van der Waals surface area contributed by atoms with Crippen molar-refractivity contribution in [2.45, 2.75) is 45.8 Å². The van der Waals surface area contributed by atoms with Crippen LogP contribution in [0.1, 0.15) is 40.3 Å². The Bertz CT molecular complexity index is 1540. The van der Waals surface area contributed by atoms with E-state index >= 15 is 0 Å². The maximum absolute atomic E-state index is 6.19. The van der Waals surface area contributed by atoms with Crippen LogP contribution in [0, 0.1) is 0 Å². The quantitative estimate of drug-likeness (QED) is 0.186. The minimum absolute atomic E-state index is 0.371. The van der Waals surface area contributed by atoms with Crippen LogP contribution in [0.4, 0.5) is 0 Å². The van der Waals surface area contributed by atoms with Crippen molar-refractivity contribution in [3.05, 3.63) is 116 Å². The summed E-state index contributed by atoms with van der Waals surface area (Å²) < 4.78 is 12.4. The first-order valence-electron chi connectivity index (χ1n) is 13.5. The first-order valence-corrected chi connectivity index (χ1v) is 13.5. The first-order chi connectivity index (χ1) is 19.2. The van der Waals surface area contributed by atoms with Crippen molar-refractivity contribution >= 4 is 18.2 Å². The number of pyridine rings is 1. The summed E-state index contributed by atoms with van der Waals surface area (Å²) in [6.45, 7) is 14.0. The molecule has 6 heteroatoms. The molecule has 2 aromatic heterocycles. The van der Waals surface area contributed by atoms with Crippen LogP contribution >= 0.6 is 0 Å². The molecule has 5 rings (SSSR count). The van der Waals surface area contributed by atoms with E-state index in [9.17, 15) is 0 Å². The summed E-state index contributed by atoms with van der Waals surface area (Å²) in [4.78, 5) is 14.5. The minimum atomic E-state index is -0.387. The Hall–Kier alpha value is -4.13. The Morgan fingerprint density at radius 2 is 1.43 bits per heavy atom. The highest BCUT2D eigenvalue weighted by atomic mass is 16.7. The average Bonchev–Trinajstić information content (AvgIpc) is 3.19. The van der Waals surface area contributed by atoms with E-state index in [1.165, 1.54) is 0 Å². The lowest BCUT2D eigenvalue weighted by molar-refractivity contribution is 0.00578. The van der Waals surface area contributed by atoms with Crippen LogP contribution in [0.2, 0.25) is 0 Å². The van der Waals surface area contributed by atoms with Crippen molar-refractivity contribution in [2.75, 3.05) is 0 Å². The second-order valence-electron chi connectivity index (χ2n) is 10.9. The average molecular weight is 527 g/mol. The van der Waals surface area contributed by atoms with Gasteiger partial charge in [0.25, 0.3) is 0 Å². The molecule has 0 unspecified atom stereocenters. The molecule has 0 amide bonds. The molecule has 4 aromatic rings. The second kappa shape index (κ2) is 11.2. The molecule has 0 spiro atoms. The van der Waals surface area contributed by atoms with Gasteiger partial charge in [-0.15, -0.1) is 0 Å². The molecule has 0 atom stereocenters. The maximum Gasteiger partial charge on any atom is 0.494 e. The Kier molecular flexibility index (Phi) is 7.66. The van der Waals surface area contributed by atoms with Gasteiger partial charge in [0.2, 0.25) is 0 Å². The van der Waals surface area contributed by atoms with Gasteiger partial charge in [-0.3, -0.25) is 4.98 Å². The lowest BCUT2D eigenvalue weighted by Crippen LogP contribution is -2.41. The zero-order chi connectivity index (χ0) is 28.3. The van der Waals surface area contributed by atoms with Gasteiger partial charge in [-0.2, -0.15) is 0 Å². The largest absolute Gasteiger partial charge is 0.494 e. The van der Waals surface area contributed by atoms with E-state index in [1.54, 1.807) is 6.08 Å². The van der Waals surface area contributed by atoms with Gasteiger partial charge in [-0.25, -0.2) is 9.97 Å². The van der Waals surface area contributed by atoms with Gasteiger partial charge in [0.1, 0.15) is 0 Å². The summed E-state index contributed by atoms with van der Waals surface area (Å²) in [6, 6.07) is 24.4. The van der Waals surface area contributed by atoms with E-state index in [1.807, 2.05) is 79.9 Å². The van der Waals surface area contributed by atoms with E-state index in [0.717, 1.165) is 44.8 Å². The third-order valence-electron chi connectivity index (χ3n) is 7.55. The third kappa shape index (κ3) is 5.74. The van der Waals surface area contributed by atoms with Crippen LogP contribution in [-0.4, -0.2) is 33.3 Å². The normalized spacial score (nSPS) is 16.4. The van der Waals surface area contributed by atoms with Crippen LogP contribution < -0.4 is 5.46 Å². The van der Waals surface area contributed by atoms with Crippen LogP contribution in [-0.2, 0) is 9.31 Å². The third-order valence-corrected chi connectivity index (χ3v) is 7.55. The molecule has 1 saturated heterocycles. The van der Waals surface area contributed by atoms with Gasteiger partial charge in [-0.05, 0) is 63.9 Å². The zero-order valence-corrected chi connectivity index (χ0v) is 23.8. The molecule has 0 radical (unpaired) electrons. The van der Waals surface area contributed by atoms with Gasteiger partial charge in [0.15, 0.2) is 5.82 Å². The Labute approximate surface area is 237 Å². The SMILES string of the molecule is C=C/C=C\C=C(/C)c1cc(-c2ccccc2)nc(-c2ccc(-c3ccc(B4OC(C)(C)C(C)(C)O4)cc3)nc2)n1. The van der Waals surface area contributed by atoms with Crippen molar-refractivity contribution in [2.24, 2.45) is 0 Å². The van der Waals surface area contributed by atoms with Crippen LogP contribution in [0.5, 0.6) is 0 Å². The number of nitrogens with zero attached hydrogens (tertiary/aromatic N) is 3. The summed E-state index contributed by atoms with van der Waals surface area (Å²) in [5.74, 6) is 0.631. The molecule has 0 saturated carbocycles. The predicted octanol–water partition coefficient (Wildman–Crippen LogP) is 7.32. The summed E-state index contributed by atoms with van der Waals surface area (Å²) in [6.07, 6.45) is 9.47. The lowest BCUT2D eigenvalue weighted by atomic mass is 9.79. The monoisotopic (exact) mass is 527 g/mol. The first kappa shape index (κ1) is 27.4. The maximum atomic E-state index is 6.19. The van der Waals surface area contributed by atoms with E-state index in [2.05, 4.69) is 58.5 Å². The fourth-order valence-electron chi connectivity index (χ4n) is 4.39. The molecule has 0 aliphatic carbocycles. The number of hydrogen-bond donors (Lipinski definition) is 0. The van der Waals surface area contributed by atoms with Crippen molar-refractivity contribution in [1.29, 1.82) is 0 Å². The smallest absolute Gasteiger partial charge is 0.399 e. The topological polar surface area (TPSA) is 57.1 Å². The molecular formula is C34H34BN3O2. The van der Waals surface area contributed by atoms with Gasteiger partial charge in [-0.1, -0.05) is 85.5 Å². The number of hydrogen-bond acceptors (Lipinski definition) is 5. The van der Waals surface area contributed by atoms with Gasteiger partial charge >= 0.3 is 7.12 Å². The summed E-state index contributed by atoms with van der Waals surface area (Å²) in [5.41, 5.74) is 6.78. The summed E-state index contributed by atoms with van der Waals surface area (Å²) in [7, 11) is -0.387. The molecule has 40 heavy (non-hydrogen) atoms. The molecule has 1 aliphatic rings. The molecule has 5 nitrogen and oxygen atoms in total. The lowest BCUT2D eigenvalue weighted by Gasteiger charge is -2.32. The number of aromatic nitrogens is 3. The fourth-order valence-corrected chi connectivity index (χ4v) is 4.39. The Morgan fingerprint density at radius 1 is 0.775 bits per heavy atom. The van der Waals surface area contributed by atoms with E-state index in [4.69, 9.17) is 24.3 Å². The van der Waals surface area contributed by atoms with Crippen molar-refractivity contribution in [3.8, 4) is 33.9 Å². The Morgan fingerprint density at radius 3 is 2.05 bits per heavy atom. The predicted molar refractivity (Wildman–Crippen MR) is 165 cm³/mol. The highest BCUT2D eigenvalue weighted by Gasteiger charge is 2.51. The summed E-state index contributed by atoms with van der Waals surface area (Å²) >= 11 is 0. The number of benzene rings is 2. The second-order valence-corrected chi connectivity index (χ2v) is 10.9. The highest BCUT2D eigenvalue weighted by molar-refractivity contribution is 6.62. The standard InChI is InChI=1S/C34H34BN3O2/c1-7-8-10-13-24(2)30-22-31(25-14-11-9-12-15-25)38-32(37-30)27-18-21-29(36-23-27)26-16-19-28(20-17-26)35-39-33(3,4)34(5,6)40-35/h7-23H,1H2,2-6H3/b10-8-,24-13+. The molecule has 1 aliphatic heterocycles. The Balaban J connectivity index is 1.43. The molecule has 2 aromatic carbocycles. The summed E-state index contributed by atoms with van der Waals surface area (Å²) in [5, 5.41) is 0. The molecule has 200 valence electrons. The van der Waals surface area contributed by atoms with E-state index in [0.29, 0.717) is 5.82 Å². The molecule has 3 heterocycles. The van der Waals surface area contributed by atoms with Crippen molar-refractivity contribution < 1.29 is 9.31 Å². The van der Waals surface area contributed by atoms with Gasteiger partial charge < -0.3 is 9.31 Å². The van der Waals surface area contributed by atoms with Gasteiger partial charge in [0, 0.05) is 22.9 Å². The van der Waals surface area contributed by atoms with Crippen molar-refractivity contribution in [3.63, 3.8) is 0 Å². The van der Waals surface area contributed by atoms with Crippen LogP contribution in [0.25, 0.3) is 39.5 Å². The fraction of sp³-hybridized carbons (Fsp3) is 0.206. The zero-order valence-electron chi connectivity index (χ0n) is 23.8. The van der Waals surface area contributed by atoms with Crippen molar-refractivity contribution in [1.82, 2.24) is 15.0 Å². The molecule has 0 bridgehead atoms. The molecular weight excluding hydrogens is 493 g/mol. The molecule has 0 N–H and O–H groups in total. The van der Waals surface area contributed by atoms with Gasteiger partial charge in [0.05, 0.1) is 28.3 Å². The highest BCUT2D eigenvalue weighted by Crippen LogP contribution is 2.36. The van der Waals surface area contributed by atoms with Crippen LogP contribution in [0.15, 0.2) is 110 Å². The van der Waals surface area contributed by atoms with Crippen LogP contribution in [0.3, 0.4) is 0 Å². The molecule has 1 fully saturated rings. The van der Waals surface area contributed by atoms with E-state index in [-0.39, 0.29) is 18.3 Å². The number of rotatable bonds is 7.